The Hall–Kier alpha value is -0.480. The highest BCUT2D eigenvalue weighted by atomic mass is 35.5. The first-order valence-electron chi connectivity index (χ1n) is 7.12. The summed E-state index contributed by atoms with van der Waals surface area (Å²) < 4.78 is 11.1. The summed E-state index contributed by atoms with van der Waals surface area (Å²) in [5.74, 6) is 0.737. The molecule has 0 saturated heterocycles. The van der Waals surface area contributed by atoms with Crippen molar-refractivity contribution in [2.24, 2.45) is 0 Å². The van der Waals surface area contributed by atoms with Crippen LogP contribution < -0.4 is 10.1 Å². The second-order valence-electron chi connectivity index (χ2n) is 4.93. The lowest BCUT2D eigenvalue weighted by atomic mass is 10.2. The van der Waals surface area contributed by atoms with E-state index in [0.29, 0.717) is 29.3 Å². The Morgan fingerprint density at radius 3 is 2.75 bits per heavy atom. The summed E-state index contributed by atoms with van der Waals surface area (Å²) in [6, 6.07) is 4.28. The van der Waals surface area contributed by atoms with Crippen molar-refractivity contribution < 1.29 is 9.47 Å². The van der Waals surface area contributed by atoms with Gasteiger partial charge in [0.1, 0.15) is 5.75 Å². The molecule has 0 unspecified atom stereocenters. The van der Waals surface area contributed by atoms with Gasteiger partial charge < -0.3 is 14.8 Å². The second-order valence-corrected chi connectivity index (χ2v) is 5.77. The molecule has 1 aliphatic carbocycles. The van der Waals surface area contributed by atoms with Gasteiger partial charge >= 0.3 is 0 Å². The molecule has 1 N–H and O–H groups in total. The summed E-state index contributed by atoms with van der Waals surface area (Å²) >= 11 is 12.3. The predicted octanol–water partition coefficient (Wildman–Crippen LogP) is 4.05. The summed E-state index contributed by atoms with van der Waals surface area (Å²) in [7, 11) is 0. The maximum absolute atomic E-state index is 6.24. The fourth-order valence-electron chi connectivity index (χ4n) is 1.93. The summed E-state index contributed by atoms with van der Waals surface area (Å²) in [6.07, 6.45) is 3.35. The molecule has 0 aromatic heterocycles. The lowest BCUT2D eigenvalue weighted by molar-refractivity contribution is 0.130. The Kier molecular flexibility index (Phi) is 6.43. The highest BCUT2D eigenvalue weighted by molar-refractivity contribution is 6.35. The first-order chi connectivity index (χ1) is 9.70. The minimum atomic E-state index is 0.571. The van der Waals surface area contributed by atoms with E-state index in [1.807, 2.05) is 13.0 Å². The Bertz CT molecular complexity index is 436. The van der Waals surface area contributed by atoms with Crippen LogP contribution in [0.4, 0.5) is 0 Å². The zero-order chi connectivity index (χ0) is 14.4. The number of hydrogen-bond acceptors (Lipinski definition) is 3. The minimum Gasteiger partial charge on any atom is -0.492 e. The topological polar surface area (TPSA) is 30.5 Å². The van der Waals surface area contributed by atoms with Crippen LogP contribution in [0.3, 0.4) is 0 Å². The molecule has 5 heteroatoms. The van der Waals surface area contributed by atoms with E-state index in [9.17, 15) is 0 Å². The third-order valence-electron chi connectivity index (χ3n) is 3.13. The molecule has 1 aromatic carbocycles. The van der Waals surface area contributed by atoms with Crippen LogP contribution in [0.2, 0.25) is 10.0 Å². The van der Waals surface area contributed by atoms with Crippen LogP contribution in [-0.2, 0) is 11.3 Å². The average molecular weight is 318 g/mol. The SMILES string of the molecule is CCOCCCOc1c(Cl)cc(Cl)cc1CNC1CC1. The lowest BCUT2D eigenvalue weighted by Gasteiger charge is -2.14. The van der Waals surface area contributed by atoms with Gasteiger partial charge in [-0.3, -0.25) is 0 Å². The number of hydrogen-bond donors (Lipinski definition) is 1. The number of nitrogens with one attached hydrogen (secondary N) is 1. The van der Waals surface area contributed by atoms with Gasteiger partial charge in [-0.05, 0) is 31.9 Å². The van der Waals surface area contributed by atoms with Gasteiger partial charge in [-0.2, -0.15) is 0 Å². The molecule has 1 aliphatic rings. The molecule has 0 radical (unpaired) electrons. The van der Waals surface area contributed by atoms with Gasteiger partial charge in [-0.1, -0.05) is 23.2 Å². The maximum Gasteiger partial charge on any atom is 0.142 e. The molecule has 0 bridgehead atoms. The van der Waals surface area contributed by atoms with Crippen LogP contribution in [0.5, 0.6) is 5.75 Å². The molecule has 0 spiro atoms. The standard InChI is InChI=1S/C15H21Cl2NO2/c1-2-19-6-3-7-20-15-11(10-18-13-4-5-13)8-12(16)9-14(15)17/h8-9,13,18H,2-7,10H2,1H3. The van der Waals surface area contributed by atoms with Crippen LogP contribution in [0.15, 0.2) is 12.1 Å². The van der Waals surface area contributed by atoms with Crippen molar-refractivity contribution in [1.29, 1.82) is 0 Å². The molecule has 0 aliphatic heterocycles. The molecule has 1 aromatic rings. The van der Waals surface area contributed by atoms with E-state index in [1.54, 1.807) is 6.07 Å². The van der Waals surface area contributed by atoms with Gasteiger partial charge in [0, 0.05) is 42.8 Å². The van der Waals surface area contributed by atoms with E-state index >= 15 is 0 Å². The molecular formula is C15H21Cl2NO2. The Balaban J connectivity index is 1.92. The molecule has 0 heterocycles. The van der Waals surface area contributed by atoms with Crippen molar-refractivity contribution in [2.75, 3.05) is 19.8 Å². The predicted molar refractivity (Wildman–Crippen MR) is 82.9 cm³/mol. The first kappa shape index (κ1) is 15.9. The summed E-state index contributed by atoms with van der Waals surface area (Å²) in [6.45, 7) is 4.76. The maximum atomic E-state index is 6.24. The third kappa shape index (κ3) is 5.13. The Morgan fingerprint density at radius 2 is 2.05 bits per heavy atom. The zero-order valence-corrected chi connectivity index (χ0v) is 13.3. The lowest BCUT2D eigenvalue weighted by Crippen LogP contribution is -2.16. The van der Waals surface area contributed by atoms with E-state index in [0.717, 1.165) is 30.9 Å². The largest absolute Gasteiger partial charge is 0.492 e. The normalized spacial score (nSPS) is 14.6. The molecule has 20 heavy (non-hydrogen) atoms. The van der Waals surface area contributed by atoms with Crippen LogP contribution >= 0.6 is 23.2 Å². The van der Waals surface area contributed by atoms with Crippen molar-refractivity contribution in [2.45, 2.75) is 38.8 Å². The fourth-order valence-corrected chi connectivity index (χ4v) is 2.52. The van der Waals surface area contributed by atoms with Crippen molar-refractivity contribution in [3.63, 3.8) is 0 Å². The number of ether oxygens (including phenoxy) is 2. The number of rotatable bonds is 9. The van der Waals surface area contributed by atoms with Crippen molar-refractivity contribution >= 4 is 23.2 Å². The highest BCUT2D eigenvalue weighted by Crippen LogP contribution is 2.33. The third-order valence-corrected chi connectivity index (χ3v) is 3.63. The molecule has 0 amide bonds. The van der Waals surface area contributed by atoms with E-state index in [4.69, 9.17) is 32.7 Å². The Labute approximate surface area is 130 Å². The van der Waals surface area contributed by atoms with Gasteiger partial charge in [-0.25, -0.2) is 0 Å². The van der Waals surface area contributed by atoms with Gasteiger partial charge in [0.15, 0.2) is 0 Å². The van der Waals surface area contributed by atoms with Crippen LogP contribution in [0.25, 0.3) is 0 Å². The molecule has 1 fully saturated rings. The smallest absolute Gasteiger partial charge is 0.142 e. The molecule has 1 saturated carbocycles. The van der Waals surface area contributed by atoms with Crippen LogP contribution in [-0.4, -0.2) is 25.9 Å². The Morgan fingerprint density at radius 1 is 1.25 bits per heavy atom. The molecule has 3 nitrogen and oxygen atoms in total. The van der Waals surface area contributed by atoms with E-state index in [-0.39, 0.29) is 0 Å². The highest BCUT2D eigenvalue weighted by Gasteiger charge is 2.21. The van der Waals surface area contributed by atoms with Crippen molar-refractivity contribution in [3.05, 3.63) is 27.7 Å². The summed E-state index contributed by atoms with van der Waals surface area (Å²) in [5, 5.41) is 4.67. The summed E-state index contributed by atoms with van der Waals surface area (Å²) in [4.78, 5) is 0. The number of halogens is 2. The summed E-state index contributed by atoms with van der Waals surface area (Å²) in [5.41, 5.74) is 1.02. The zero-order valence-electron chi connectivity index (χ0n) is 11.8. The molecular weight excluding hydrogens is 297 g/mol. The van der Waals surface area contributed by atoms with Gasteiger partial charge in [0.25, 0.3) is 0 Å². The van der Waals surface area contributed by atoms with Gasteiger partial charge in [0.05, 0.1) is 11.6 Å². The van der Waals surface area contributed by atoms with Crippen LogP contribution in [0, 0.1) is 0 Å². The van der Waals surface area contributed by atoms with E-state index in [1.165, 1.54) is 12.8 Å². The average Bonchev–Trinajstić information content (AvgIpc) is 3.22. The van der Waals surface area contributed by atoms with Gasteiger partial charge in [0.2, 0.25) is 0 Å². The van der Waals surface area contributed by atoms with Crippen molar-refractivity contribution in [3.8, 4) is 5.75 Å². The monoisotopic (exact) mass is 317 g/mol. The molecule has 2 rings (SSSR count). The molecule has 0 atom stereocenters. The van der Waals surface area contributed by atoms with Crippen molar-refractivity contribution in [1.82, 2.24) is 5.32 Å². The van der Waals surface area contributed by atoms with Crippen LogP contribution in [0.1, 0.15) is 31.7 Å². The quantitative estimate of drug-likeness (QED) is 0.697. The minimum absolute atomic E-state index is 0.571. The van der Waals surface area contributed by atoms with Gasteiger partial charge in [-0.15, -0.1) is 0 Å². The van der Waals surface area contributed by atoms with E-state index in [2.05, 4.69) is 5.32 Å². The second kappa shape index (κ2) is 8.08. The molecule has 112 valence electrons. The number of benzene rings is 1. The first-order valence-corrected chi connectivity index (χ1v) is 7.88. The van der Waals surface area contributed by atoms with E-state index < -0.39 is 0 Å². The fraction of sp³-hybridized carbons (Fsp3) is 0.600.